The summed E-state index contributed by atoms with van der Waals surface area (Å²) in [5.74, 6) is 2.07. The minimum atomic E-state index is 0.00481. The first kappa shape index (κ1) is 20.5. The molecule has 0 bridgehead atoms. The van der Waals surface area contributed by atoms with Crippen molar-refractivity contribution in [1.82, 2.24) is 0 Å². The van der Waals surface area contributed by atoms with E-state index in [1.54, 1.807) is 0 Å². The lowest BCUT2D eigenvalue weighted by Crippen LogP contribution is -2.15. The Morgan fingerprint density at radius 1 is 0.857 bits per heavy atom. The molecule has 0 N–H and O–H groups in total. The third-order valence-electron chi connectivity index (χ3n) is 3.99. The molecule has 0 amide bonds. The molecule has 0 heterocycles. The molecule has 1 atom stereocenters. The Morgan fingerprint density at radius 2 is 1.52 bits per heavy atom. The van der Waals surface area contributed by atoms with E-state index in [0.717, 1.165) is 24.7 Å². The fraction of sp³-hybridized carbons (Fsp3) is 0.947. The van der Waals surface area contributed by atoms with Crippen LogP contribution >= 0.6 is 0 Å². The van der Waals surface area contributed by atoms with Gasteiger partial charge in [0.05, 0.1) is 6.61 Å². The summed E-state index contributed by atoms with van der Waals surface area (Å²) in [5.41, 5.74) is 0. The van der Waals surface area contributed by atoms with Gasteiger partial charge in [-0.1, -0.05) is 66.7 Å². The van der Waals surface area contributed by atoms with Gasteiger partial charge in [-0.15, -0.1) is 0 Å². The Labute approximate surface area is 133 Å². The van der Waals surface area contributed by atoms with Crippen LogP contribution in [0.1, 0.15) is 92.4 Å². The van der Waals surface area contributed by atoms with Gasteiger partial charge >= 0.3 is 5.97 Å². The van der Waals surface area contributed by atoms with Crippen LogP contribution < -0.4 is 0 Å². The smallest absolute Gasteiger partial charge is 0.305 e. The van der Waals surface area contributed by atoms with Crippen molar-refractivity contribution in [2.75, 3.05) is 6.61 Å². The number of rotatable bonds is 13. The molecule has 0 spiro atoms. The van der Waals surface area contributed by atoms with Crippen LogP contribution in [-0.2, 0) is 9.53 Å². The Hall–Kier alpha value is -0.530. The van der Waals surface area contributed by atoms with Crippen LogP contribution in [0.15, 0.2) is 0 Å². The largest absolute Gasteiger partial charge is 0.465 e. The van der Waals surface area contributed by atoms with Gasteiger partial charge in [-0.05, 0) is 37.0 Å². The van der Waals surface area contributed by atoms with Crippen LogP contribution in [0.25, 0.3) is 0 Å². The summed E-state index contributed by atoms with van der Waals surface area (Å²) in [6, 6.07) is 0. The van der Waals surface area contributed by atoms with Gasteiger partial charge in [0.2, 0.25) is 0 Å². The summed E-state index contributed by atoms with van der Waals surface area (Å²) in [4.78, 5) is 11.8. The molecular formula is C19H38O2. The van der Waals surface area contributed by atoms with Gasteiger partial charge in [0.15, 0.2) is 0 Å². The standard InChI is InChI=1S/C19H38O2/c1-6-10-18(14-13-17(4)5)15-21-19(20)12-9-7-8-11-16(2)3/h16-18H,6-15H2,1-5H3. The topological polar surface area (TPSA) is 26.3 Å². The maximum absolute atomic E-state index is 11.8. The second kappa shape index (κ2) is 13.2. The Bertz CT molecular complexity index is 246. The van der Waals surface area contributed by atoms with Crippen LogP contribution in [0, 0.1) is 17.8 Å². The molecular weight excluding hydrogens is 260 g/mol. The highest BCUT2D eigenvalue weighted by molar-refractivity contribution is 5.69. The van der Waals surface area contributed by atoms with Crippen LogP contribution in [0.3, 0.4) is 0 Å². The molecule has 0 aliphatic carbocycles. The lowest BCUT2D eigenvalue weighted by Gasteiger charge is -2.17. The van der Waals surface area contributed by atoms with Crippen molar-refractivity contribution in [3.05, 3.63) is 0 Å². The predicted octanol–water partition coefficient (Wildman–Crippen LogP) is 5.99. The summed E-state index contributed by atoms with van der Waals surface area (Å²) in [6.45, 7) is 11.8. The van der Waals surface area contributed by atoms with E-state index < -0.39 is 0 Å². The van der Waals surface area contributed by atoms with Crippen molar-refractivity contribution in [3.63, 3.8) is 0 Å². The Balaban J connectivity index is 3.71. The lowest BCUT2D eigenvalue weighted by atomic mass is 9.95. The van der Waals surface area contributed by atoms with Crippen LogP contribution in [0.5, 0.6) is 0 Å². The molecule has 21 heavy (non-hydrogen) atoms. The lowest BCUT2D eigenvalue weighted by molar-refractivity contribution is -0.145. The van der Waals surface area contributed by atoms with Gasteiger partial charge in [-0.2, -0.15) is 0 Å². The average Bonchev–Trinajstić information content (AvgIpc) is 2.41. The number of unbranched alkanes of at least 4 members (excludes halogenated alkanes) is 2. The van der Waals surface area contributed by atoms with Crippen molar-refractivity contribution < 1.29 is 9.53 Å². The van der Waals surface area contributed by atoms with Gasteiger partial charge in [-0.3, -0.25) is 4.79 Å². The molecule has 0 aliphatic rings. The van der Waals surface area contributed by atoms with Gasteiger partial charge in [-0.25, -0.2) is 0 Å². The summed E-state index contributed by atoms with van der Waals surface area (Å²) in [5, 5.41) is 0. The second-order valence-electron chi connectivity index (χ2n) is 7.30. The zero-order valence-electron chi connectivity index (χ0n) is 15.1. The SMILES string of the molecule is CCCC(CCC(C)C)COC(=O)CCCCCC(C)C. The normalized spacial score (nSPS) is 12.9. The van der Waals surface area contributed by atoms with Crippen LogP contribution in [0.4, 0.5) is 0 Å². The number of ether oxygens (including phenoxy) is 1. The third kappa shape index (κ3) is 14.2. The van der Waals surface area contributed by atoms with E-state index in [9.17, 15) is 4.79 Å². The van der Waals surface area contributed by atoms with Crippen molar-refractivity contribution >= 4 is 5.97 Å². The minimum absolute atomic E-state index is 0.00481. The Kier molecular flexibility index (Phi) is 12.8. The summed E-state index contributed by atoms with van der Waals surface area (Å²) < 4.78 is 5.48. The van der Waals surface area contributed by atoms with E-state index in [1.165, 1.54) is 38.5 Å². The van der Waals surface area contributed by atoms with Crippen molar-refractivity contribution in [1.29, 1.82) is 0 Å². The molecule has 0 rings (SSSR count). The molecule has 2 nitrogen and oxygen atoms in total. The minimum Gasteiger partial charge on any atom is -0.465 e. The highest BCUT2D eigenvalue weighted by Crippen LogP contribution is 2.18. The van der Waals surface area contributed by atoms with Crippen molar-refractivity contribution in [3.8, 4) is 0 Å². The molecule has 0 saturated heterocycles. The van der Waals surface area contributed by atoms with E-state index in [-0.39, 0.29) is 5.97 Å². The van der Waals surface area contributed by atoms with E-state index in [4.69, 9.17) is 4.74 Å². The molecule has 0 aromatic heterocycles. The highest BCUT2D eigenvalue weighted by atomic mass is 16.5. The molecule has 0 aliphatic heterocycles. The van der Waals surface area contributed by atoms with E-state index in [0.29, 0.717) is 18.9 Å². The van der Waals surface area contributed by atoms with Gasteiger partial charge < -0.3 is 4.74 Å². The predicted molar refractivity (Wildman–Crippen MR) is 91.4 cm³/mol. The number of hydrogen-bond acceptors (Lipinski definition) is 2. The molecule has 0 fully saturated rings. The first-order valence-corrected chi connectivity index (χ1v) is 9.11. The molecule has 0 saturated carbocycles. The van der Waals surface area contributed by atoms with Crippen molar-refractivity contribution in [2.45, 2.75) is 92.4 Å². The van der Waals surface area contributed by atoms with Gasteiger partial charge in [0.25, 0.3) is 0 Å². The Morgan fingerprint density at radius 3 is 2.10 bits per heavy atom. The molecule has 0 aromatic carbocycles. The quantitative estimate of drug-likeness (QED) is 0.308. The maximum atomic E-state index is 11.8. The van der Waals surface area contributed by atoms with Crippen molar-refractivity contribution in [2.24, 2.45) is 17.8 Å². The van der Waals surface area contributed by atoms with E-state index in [2.05, 4.69) is 34.6 Å². The fourth-order valence-corrected chi connectivity index (χ4v) is 2.57. The summed E-state index contributed by atoms with van der Waals surface area (Å²) >= 11 is 0. The zero-order chi connectivity index (χ0) is 16.1. The molecule has 2 heteroatoms. The first-order valence-electron chi connectivity index (χ1n) is 9.11. The number of carbonyl (C=O) groups excluding carboxylic acids is 1. The highest BCUT2D eigenvalue weighted by Gasteiger charge is 2.12. The third-order valence-corrected chi connectivity index (χ3v) is 3.99. The number of esters is 1. The molecule has 0 radical (unpaired) electrons. The van der Waals surface area contributed by atoms with E-state index >= 15 is 0 Å². The van der Waals surface area contributed by atoms with Crippen LogP contribution in [0.2, 0.25) is 0 Å². The van der Waals surface area contributed by atoms with Gasteiger partial charge in [0, 0.05) is 6.42 Å². The second-order valence-corrected chi connectivity index (χ2v) is 7.30. The fourth-order valence-electron chi connectivity index (χ4n) is 2.57. The zero-order valence-corrected chi connectivity index (χ0v) is 15.1. The maximum Gasteiger partial charge on any atom is 0.305 e. The number of carbonyl (C=O) groups is 1. The van der Waals surface area contributed by atoms with Crippen LogP contribution in [-0.4, -0.2) is 12.6 Å². The molecule has 0 aromatic rings. The molecule has 1 unspecified atom stereocenters. The monoisotopic (exact) mass is 298 g/mol. The van der Waals surface area contributed by atoms with Gasteiger partial charge in [0.1, 0.15) is 0 Å². The summed E-state index contributed by atoms with van der Waals surface area (Å²) in [7, 11) is 0. The summed E-state index contributed by atoms with van der Waals surface area (Å²) in [6.07, 6.45) is 10.0. The first-order chi connectivity index (χ1) is 9.95. The molecule has 126 valence electrons. The van der Waals surface area contributed by atoms with E-state index in [1.807, 2.05) is 0 Å². The number of hydrogen-bond donors (Lipinski definition) is 0. The average molecular weight is 299 g/mol.